The van der Waals surface area contributed by atoms with E-state index in [4.69, 9.17) is 23.2 Å². The molecule has 0 amide bonds. The van der Waals surface area contributed by atoms with E-state index in [-0.39, 0.29) is 0 Å². The Morgan fingerprint density at radius 3 is 2.86 bits per heavy atom. The first-order chi connectivity index (χ1) is 6.74. The molecule has 0 spiro atoms. The fourth-order valence-electron chi connectivity index (χ4n) is 1.09. The van der Waals surface area contributed by atoms with Gasteiger partial charge in [0.15, 0.2) is 0 Å². The molecule has 1 heterocycles. The number of hydrogen-bond donors (Lipinski definition) is 1. The van der Waals surface area contributed by atoms with Crippen molar-refractivity contribution in [3.8, 4) is 0 Å². The van der Waals surface area contributed by atoms with Gasteiger partial charge in [0.05, 0.1) is 0 Å². The maximum absolute atomic E-state index is 5.98. The predicted molar refractivity (Wildman–Crippen MR) is 60.9 cm³/mol. The molecule has 0 fully saturated rings. The Morgan fingerprint density at radius 2 is 2.21 bits per heavy atom. The van der Waals surface area contributed by atoms with E-state index in [9.17, 15) is 0 Å². The van der Waals surface area contributed by atoms with Gasteiger partial charge in [0, 0.05) is 23.3 Å². The topological polar surface area (TPSA) is 24.9 Å². The predicted octanol–water partition coefficient (Wildman–Crippen LogP) is 3.28. The zero-order chi connectivity index (χ0) is 10.4. The molecule has 0 aliphatic carbocycles. The smallest absolute Gasteiger partial charge is 0.130 e. The van der Waals surface area contributed by atoms with Crippen molar-refractivity contribution in [2.24, 2.45) is 0 Å². The Labute approximate surface area is 94.6 Å². The average Bonchev–Trinajstić information content (AvgIpc) is 2.15. The first-order valence-electron chi connectivity index (χ1n) is 4.74. The third-order valence-electron chi connectivity index (χ3n) is 1.92. The summed E-state index contributed by atoms with van der Waals surface area (Å²) in [7, 11) is 0. The van der Waals surface area contributed by atoms with Crippen molar-refractivity contribution < 1.29 is 0 Å². The lowest BCUT2D eigenvalue weighted by Crippen LogP contribution is -2.14. The molecule has 2 nitrogen and oxygen atoms in total. The number of nitrogens with one attached hydrogen (secondary N) is 1. The van der Waals surface area contributed by atoms with Crippen molar-refractivity contribution >= 4 is 23.2 Å². The molecule has 1 aromatic rings. The Hall–Kier alpha value is -0.310. The van der Waals surface area contributed by atoms with E-state index < -0.39 is 0 Å². The maximum atomic E-state index is 5.98. The highest BCUT2D eigenvalue weighted by Crippen LogP contribution is 2.18. The van der Waals surface area contributed by atoms with E-state index in [0.717, 1.165) is 18.7 Å². The standard InChI is InChI=1S/C10H14Cl2N2/c1-2-3-4-13-6-8-7-14-10(12)5-9(8)11/h5,7,13H,2-4,6H2,1H3. The monoisotopic (exact) mass is 232 g/mol. The molecule has 0 radical (unpaired) electrons. The molecule has 0 bridgehead atoms. The molecule has 0 unspecified atom stereocenters. The van der Waals surface area contributed by atoms with Gasteiger partial charge >= 0.3 is 0 Å². The molecule has 0 atom stereocenters. The van der Waals surface area contributed by atoms with Gasteiger partial charge in [-0.3, -0.25) is 0 Å². The number of nitrogens with zero attached hydrogens (tertiary/aromatic N) is 1. The Balaban J connectivity index is 2.42. The number of hydrogen-bond acceptors (Lipinski definition) is 2. The molecule has 1 aromatic heterocycles. The van der Waals surface area contributed by atoms with Crippen LogP contribution >= 0.6 is 23.2 Å². The van der Waals surface area contributed by atoms with Crippen LogP contribution in [0.1, 0.15) is 25.3 Å². The molecule has 78 valence electrons. The summed E-state index contributed by atoms with van der Waals surface area (Å²) in [4.78, 5) is 3.98. The summed E-state index contributed by atoms with van der Waals surface area (Å²) in [6, 6.07) is 1.67. The molecule has 1 rings (SSSR count). The number of unbranched alkanes of at least 4 members (excludes halogenated alkanes) is 1. The quantitative estimate of drug-likeness (QED) is 0.623. The van der Waals surface area contributed by atoms with Crippen molar-refractivity contribution in [3.63, 3.8) is 0 Å². The van der Waals surface area contributed by atoms with E-state index in [2.05, 4.69) is 17.2 Å². The zero-order valence-electron chi connectivity index (χ0n) is 8.19. The molecular formula is C10H14Cl2N2. The van der Waals surface area contributed by atoms with Crippen LogP contribution in [-0.4, -0.2) is 11.5 Å². The first-order valence-corrected chi connectivity index (χ1v) is 5.50. The summed E-state index contributed by atoms with van der Waals surface area (Å²) < 4.78 is 0. The maximum Gasteiger partial charge on any atom is 0.130 e. The van der Waals surface area contributed by atoms with Gasteiger partial charge in [-0.2, -0.15) is 0 Å². The van der Waals surface area contributed by atoms with Gasteiger partial charge < -0.3 is 5.32 Å². The summed E-state index contributed by atoms with van der Waals surface area (Å²) in [5.41, 5.74) is 0.993. The highest BCUT2D eigenvalue weighted by Gasteiger charge is 2.00. The third-order valence-corrected chi connectivity index (χ3v) is 2.48. The van der Waals surface area contributed by atoms with Gasteiger partial charge in [-0.15, -0.1) is 0 Å². The van der Waals surface area contributed by atoms with E-state index in [1.807, 2.05) is 0 Å². The Bertz CT molecular complexity index is 289. The number of pyridine rings is 1. The van der Waals surface area contributed by atoms with Gasteiger partial charge in [-0.05, 0) is 19.0 Å². The van der Waals surface area contributed by atoms with Crippen LogP contribution in [0, 0.1) is 0 Å². The Morgan fingerprint density at radius 1 is 1.43 bits per heavy atom. The summed E-state index contributed by atoms with van der Waals surface area (Å²) in [6.45, 7) is 3.93. The second kappa shape index (κ2) is 6.23. The van der Waals surface area contributed by atoms with Crippen molar-refractivity contribution in [1.29, 1.82) is 0 Å². The van der Waals surface area contributed by atoms with Gasteiger partial charge in [0.25, 0.3) is 0 Å². The fourth-order valence-corrected chi connectivity index (χ4v) is 1.52. The van der Waals surface area contributed by atoms with E-state index in [0.29, 0.717) is 10.2 Å². The highest BCUT2D eigenvalue weighted by atomic mass is 35.5. The van der Waals surface area contributed by atoms with Crippen molar-refractivity contribution in [2.45, 2.75) is 26.3 Å². The summed E-state index contributed by atoms with van der Waals surface area (Å²) >= 11 is 11.7. The largest absolute Gasteiger partial charge is 0.313 e. The second-order valence-electron chi connectivity index (χ2n) is 3.13. The van der Waals surface area contributed by atoms with Crippen LogP contribution in [0.5, 0.6) is 0 Å². The normalized spacial score (nSPS) is 10.5. The molecule has 14 heavy (non-hydrogen) atoms. The van der Waals surface area contributed by atoms with Gasteiger partial charge in [-0.25, -0.2) is 4.98 Å². The number of aromatic nitrogens is 1. The van der Waals surface area contributed by atoms with Crippen LogP contribution in [0.25, 0.3) is 0 Å². The van der Waals surface area contributed by atoms with Gasteiger partial charge in [-0.1, -0.05) is 36.5 Å². The minimum Gasteiger partial charge on any atom is -0.313 e. The van der Waals surface area contributed by atoms with Crippen molar-refractivity contribution in [2.75, 3.05) is 6.54 Å². The van der Waals surface area contributed by atoms with Crippen LogP contribution < -0.4 is 5.32 Å². The number of halogens is 2. The highest BCUT2D eigenvalue weighted by molar-refractivity contribution is 6.34. The summed E-state index contributed by atoms with van der Waals surface area (Å²) in [5.74, 6) is 0. The fraction of sp³-hybridized carbons (Fsp3) is 0.500. The lowest BCUT2D eigenvalue weighted by molar-refractivity contribution is 0.640. The first kappa shape index (κ1) is 11.8. The molecule has 0 aliphatic rings. The lowest BCUT2D eigenvalue weighted by Gasteiger charge is -2.05. The van der Waals surface area contributed by atoms with E-state index in [1.54, 1.807) is 12.3 Å². The second-order valence-corrected chi connectivity index (χ2v) is 3.92. The van der Waals surface area contributed by atoms with Crippen LogP contribution in [0.3, 0.4) is 0 Å². The summed E-state index contributed by atoms with van der Waals surface area (Å²) in [5, 5.41) is 4.41. The number of rotatable bonds is 5. The lowest BCUT2D eigenvalue weighted by atomic mass is 10.2. The van der Waals surface area contributed by atoms with Crippen LogP contribution in [0.2, 0.25) is 10.2 Å². The minimum absolute atomic E-state index is 0.437. The summed E-state index contributed by atoms with van der Waals surface area (Å²) in [6.07, 6.45) is 4.09. The van der Waals surface area contributed by atoms with E-state index in [1.165, 1.54) is 12.8 Å². The van der Waals surface area contributed by atoms with Crippen molar-refractivity contribution in [1.82, 2.24) is 10.3 Å². The molecule has 0 aliphatic heterocycles. The van der Waals surface area contributed by atoms with Crippen molar-refractivity contribution in [3.05, 3.63) is 28.0 Å². The molecule has 0 saturated carbocycles. The van der Waals surface area contributed by atoms with Crippen LogP contribution in [0.4, 0.5) is 0 Å². The molecular weight excluding hydrogens is 219 g/mol. The average molecular weight is 233 g/mol. The van der Waals surface area contributed by atoms with E-state index >= 15 is 0 Å². The van der Waals surface area contributed by atoms with Gasteiger partial charge in [0.1, 0.15) is 5.15 Å². The third kappa shape index (κ3) is 3.82. The minimum atomic E-state index is 0.437. The molecule has 4 heteroatoms. The van der Waals surface area contributed by atoms with Crippen LogP contribution in [0.15, 0.2) is 12.3 Å². The molecule has 1 N–H and O–H groups in total. The zero-order valence-corrected chi connectivity index (χ0v) is 9.70. The Kier molecular flexibility index (Phi) is 5.23. The van der Waals surface area contributed by atoms with Crippen LogP contribution in [-0.2, 0) is 6.54 Å². The molecule has 0 saturated heterocycles. The molecule has 0 aromatic carbocycles. The van der Waals surface area contributed by atoms with Gasteiger partial charge in [0.2, 0.25) is 0 Å². The SMILES string of the molecule is CCCCNCc1cnc(Cl)cc1Cl.